The number of hydrogen-bond donors (Lipinski definition) is 5. The number of amides is 1. The molecule has 9 nitrogen and oxygen atoms in total. The molecule has 2 aromatic heterocycles. The number of nitrogens with one attached hydrogen (secondary N) is 5. The summed E-state index contributed by atoms with van der Waals surface area (Å²) in [6.45, 7) is 3.07. The van der Waals surface area contributed by atoms with Crippen LogP contribution in [0.15, 0.2) is 36.7 Å². The summed E-state index contributed by atoms with van der Waals surface area (Å²) in [6, 6.07) is 9.16. The molecule has 0 bridgehead atoms. The third-order valence-corrected chi connectivity index (χ3v) is 8.34. The molecule has 4 aliphatic rings. The van der Waals surface area contributed by atoms with Gasteiger partial charge >= 0.3 is 0 Å². The third-order valence-electron chi connectivity index (χ3n) is 8.34. The molecular weight excluding hydrogens is 452 g/mol. The Kier molecular flexibility index (Phi) is 5.64. The highest BCUT2D eigenvalue weighted by Crippen LogP contribution is 2.39. The Balaban J connectivity index is 1.12. The molecule has 5 N–H and O–H groups in total. The van der Waals surface area contributed by atoms with Crippen molar-refractivity contribution in [1.29, 1.82) is 0 Å². The molecule has 3 aromatic rings. The van der Waals surface area contributed by atoms with Gasteiger partial charge < -0.3 is 20.5 Å². The highest BCUT2D eigenvalue weighted by atomic mass is 16.2. The van der Waals surface area contributed by atoms with Gasteiger partial charge in [0.2, 0.25) is 5.91 Å². The number of nitrogens with zero attached hydrogens (tertiary/aromatic N) is 3. The minimum absolute atomic E-state index is 0.104. The van der Waals surface area contributed by atoms with Gasteiger partial charge in [-0.3, -0.25) is 15.2 Å². The molecule has 7 rings (SSSR count). The van der Waals surface area contributed by atoms with Crippen LogP contribution in [0.5, 0.6) is 0 Å². The first-order valence-electron chi connectivity index (χ1n) is 13.5. The molecule has 9 heteroatoms. The largest absolute Gasteiger partial charge is 0.370 e. The van der Waals surface area contributed by atoms with Gasteiger partial charge in [-0.1, -0.05) is 6.07 Å². The van der Waals surface area contributed by atoms with Crippen LogP contribution >= 0.6 is 0 Å². The molecule has 0 radical (unpaired) electrons. The number of para-hydroxylation sites is 1. The van der Waals surface area contributed by atoms with Gasteiger partial charge in [-0.15, -0.1) is 0 Å². The molecule has 1 aliphatic carbocycles. The summed E-state index contributed by atoms with van der Waals surface area (Å²) in [5.41, 5.74) is 12.4. The van der Waals surface area contributed by atoms with Crippen molar-refractivity contribution in [2.75, 3.05) is 29.9 Å². The van der Waals surface area contributed by atoms with E-state index in [-0.39, 0.29) is 23.9 Å². The molecule has 36 heavy (non-hydrogen) atoms. The molecule has 1 amide bonds. The van der Waals surface area contributed by atoms with Gasteiger partial charge in [0.1, 0.15) is 11.3 Å². The first-order chi connectivity index (χ1) is 17.7. The summed E-state index contributed by atoms with van der Waals surface area (Å²) in [4.78, 5) is 27.9. The molecule has 0 spiro atoms. The lowest BCUT2D eigenvalue weighted by molar-refractivity contribution is -0.117. The van der Waals surface area contributed by atoms with E-state index >= 15 is 0 Å². The minimum Gasteiger partial charge on any atom is -0.370 e. The van der Waals surface area contributed by atoms with E-state index in [1.54, 1.807) is 6.20 Å². The van der Waals surface area contributed by atoms with Crippen molar-refractivity contribution in [2.45, 2.75) is 56.7 Å². The van der Waals surface area contributed by atoms with Crippen LogP contribution in [-0.4, -0.2) is 46.5 Å². The summed E-state index contributed by atoms with van der Waals surface area (Å²) in [5.74, 6) is 1.67. The van der Waals surface area contributed by atoms with Gasteiger partial charge in [0.25, 0.3) is 0 Å². The van der Waals surface area contributed by atoms with E-state index < -0.39 is 0 Å². The second-order valence-electron chi connectivity index (χ2n) is 10.8. The topological polar surface area (TPSA) is 110 Å². The Morgan fingerprint density at radius 1 is 1.08 bits per heavy atom. The monoisotopic (exact) mass is 486 g/mol. The van der Waals surface area contributed by atoms with Crippen molar-refractivity contribution in [3.63, 3.8) is 0 Å². The Morgan fingerprint density at radius 3 is 2.83 bits per heavy atom. The van der Waals surface area contributed by atoms with Crippen LogP contribution < -0.4 is 26.4 Å². The number of pyridine rings is 1. The van der Waals surface area contributed by atoms with Gasteiger partial charge in [0.15, 0.2) is 0 Å². The normalized spacial score (nSPS) is 28.3. The lowest BCUT2D eigenvalue weighted by Crippen LogP contribution is -2.46. The zero-order valence-corrected chi connectivity index (χ0v) is 20.5. The van der Waals surface area contributed by atoms with Crippen molar-refractivity contribution in [3.05, 3.63) is 48.0 Å². The number of hydrazine groups is 1. The fourth-order valence-electron chi connectivity index (χ4n) is 6.18. The Morgan fingerprint density at radius 2 is 1.97 bits per heavy atom. The smallest absolute Gasteiger partial charge is 0.227 e. The highest BCUT2D eigenvalue weighted by molar-refractivity contribution is 5.94. The van der Waals surface area contributed by atoms with Crippen molar-refractivity contribution in [3.8, 4) is 0 Å². The van der Waals surface area contributed by atoms with Gasteiger partial charge in [-0.25, -0.2) is 10.4 Å². The Hall–Kier alpha value is -3.01. The minimum atomic E-state index is 0.104. The number of anilines is 2. The second-order valence-corrected chi connectivity index (χ2v) is 10.8. The molecule has 5 heterocycles. The maximum atomic E-state index is 12.2. The van der Waals surface area contributed by atoms with Crippen molar-refractivity contribution in [1.82, 2.24) is 31.1 Å². The number of carbonyl (C=O) groups excluding carboxylic acids is 1. The predicted molar refractivity (Wildman–Crippen MR) is 139 cm³/mol. The third kappa shape index (κ3) is 4.15. The number of hydrogen-bond acceptors (Lipinski definition) is 7. The zero-order chi connectivity index (χ0) is 24.1. The molecule has 1 saturated carbocycles. The SMILES string of the molecule is O=C(Nc1cncc(C2CC3C(CN2)NNC3c2nc3c(N4CCCCC4)cccc3[nH]2)c1)C1CC1. The fraction of sp³-hybridized carbons (Fsp3) is 0.519. The maximum absolute atomic E-state index is 12.2. The van der Waals surface area contributed by atoms with Crippen LogP contribution in [-0.2, 0) is 4.79 Å². The van der Waals surface area contributed by atoms with Crippen molar-refractivity contribution < 1.29 is 4.79 Å². The van der Waals surface area contributed by atoms with E-state index in [1.807, 2.05) is 6.20 Å². The van der Waals surface area contributed by atoms with Gasteiger partial charge in [0, 0.05) is 49.8 Å². The lowest BCUT2D eigenvalue weighted by atomic mass is 9.82. The number of aromatic nitrogens is 3. The number of rotatable bonds is 5. The molecule has 3 aliphatic heterocycles. The Labute approximate surface area is 210 Å². The van der Waals surface area contributed by atoms with E-state index in [0.29, 0.717) is 12.0 Å². The van der Waals surface area contributed by atoms with E-state index in [0.717, 1.165) is 67.0 Å². The standard InChI is InChI=1S/C27H34N8O/c36-27(16-7-8-16)30-18-11-17(13-28-14-18)21-12-19-22(15-29-21)33-34-24(19)26-31-20-5-4-6-23(25(20)32-26)35-9-2-1-3-10-35/h4-6,11,13-14,16,19,21-22,24,29,33-34H,1-3,7-10,12,15H2,(H,30,36)(H,31,32). The summed E-state index contributed by atoms with van der Waals surface area (Å²) in [5, 5.41) is 6.72. The van der Waals surface area contributed by atoms with Crippen LogP contribution in [0.2, 0.25) is 0 Å². The fourth-order valence-corrected chi connectivity index (χ4v) is 6.18. The summed E-state index contributed by atoms with van der Waals surface area (Å²) in [6.07, 6.45) is 10.4. The molecule has 1 aromatic carbocycles. The first-order valence-corrected chi connectivity index (χ1v) is 13.5. The zero-order valence-electron chi connectivity index (χ0n) is 20.5. The van der Waals surface area contributed by atoms with Crippen molar-refractivity contribution in [2.24, 2.45) is 11.8 Å². The van der Waals surface area contributed by atoms with Crippen LogP contribution in [0, 0.1) is 11.8 Å². The molecular formula is C27H34N8O. The van der Waals surface area contributed by atoms with E-state index in [9.17, 15) is 4.79 Å². The van der Waals surface area contributed by atoms with Crippen molar-refractivity contribution >= 4 is 28.3 Å². The van der Waals surface area contributed by atoms with Crippen LogP contribution in [0.3, 0.4) is 0 Å². The lowest BCUT2D eigenvalue weighted by Gasteiger charge is -2.34. The number of fused-ring (bicyclic) bond motifs is 2. The highest BCUT2D eigenvalue weighted by Gasteiger charge is 2.43. The first kappa shape index (κ1) is 22.2. The van der Waals surface area contributed by atoms with Gasteiger partial charge in [-0.05, 0) is 62.3 Å². The van der Waals surface area contributed by atoms with Crippen LogP contribution in [0.4, 0.5) is 11.4 Å². The Bertz CT molecular complexity index is 1260. The number of piperidine rings is 2. The van der Waals surface area contributed by atoms with E-state index in [1.165, 1.54) is 24.9 Å². The van der Waals surface area contributed by atoms with Gasteiger partial charge in [0.05, 0.1) is 29.1 Å². The summed E-state index contributed by atoms with van der Waals surface area (Å²) >= 11 is 0. The number of aromatic amines is 1. The molecule has 4 fully saturated rings. The maximum Gasteiger partial charge on any atom is 0.227 e. The molecule has 4 atom stereocenters. The average Bonchev–Trinajstić information content (AvgIpc) is 3.55. The second kappa shape index (κ2) is 9.14. The number of H-pyrrole nitrogens is 1. The summed E-state index contributed by atoms with van der Waals surface area (Å²) < 4.78 is 0. The van der Waals surface area contributed by atoms with Crippen LogP contribution in [0.25, 0.3) is 11.0 Å². The molecule has 3 saturated heterocycles. The average molecular weight is 487 g/mol. The molecule has 188 valence electrons. The number of carbonyl (C=O) groups is 1. The molecule has 4 unspecified atom stereocenters. The number of imidazole rings is 1. The summed E-state index contributed by atoms with van der Waals surface area (Å²) in [7, 11) is 0. The predicted octanol–water partition coefficient (Wildman–Crippen LogP) is 3.17. The van der Waals surface area contributed by atoms with Crippen LogP contribution in [0.1, 0.15) is 62.0 Å². The quantitative estimate of drug-likeness (QED) is 0.377. The van der Waals surface area contributed by atoms with E-state index in [4.69, 9.17) is 4.98 Å². The van der Waals surface area contributed by atoms with E-state index in [2.05, 4.69) is 60.6 Å². The van der Waals surface area contributed by atoms with Gasteiger partial charge in [-0.2, -0.15) is 0 Å². The number of benzene rings is 1.